The van der Waals surface area contributed by atoms with Crippen LogP contribution in [0, 0.1) is 5.82 Å². The van der Waals surface area contributed by atoms with E-state index in [1.807, 2.05) is 11.9 Å². The highest BCUT2D eigenvalue weighted by atomic mass is 32.2. The second-order valence-electron chi connectivity index (χ2n) is 8.34. The Labute approximate surface area is 193 Å². The number of piperidine rings is 1. The van der Waals surface area contributed by atoms with Crippen molar-refractivity contribution >= 4 is 27.3 Å². The molecule has 0 amide bonds. The first-order valence-electron chi connectivity index (χ1n) is 10.5. The average Bonchev–Trinajstić information content (AvgIpc) is 3.35. The zero-order valence-corrected chi connectivity index (χ0v) is 19.7. The van der Waals surface area contributed by atoms with Crippen LogP contribution < -0.4 is 5.32 Å². The molecule has 2 aromatic heterocycles. The predicted molar refractivity (Wildman–Crippen MR) is 116 cm³/mol. The van der Waals surface area contributed by atoms with E-state index in [1.165, 1.54) is 4.31 Å². The molecule has 2 aliphatic heterocycles. The van der Waals surface area contributed by atoms with Gasteiger partial charge in [0.05, 0.1) is 23.4 Å². The van der Waals surface area contributed by atoms with Crippen LogP contribution in [0.2, 0.25) is 0 Å². The molecule has 1 N–H and O–H groups in total. The van der Waals surface area contributed by atoms with Gasteiger partial charge in [0.1, 0.15) is 10.7 Å². The van der Waals surface area contributed by atoms with E-state index in [0.29, 0.717) is 32.4 Å². The number of likely N-dealkylation sites (tertiary alicyclic amines) is 1. The molecule has 2 aliphatic rings. The van der Waals surface area contributed by atoms with Crippen LogP contribution in [0.3, 0.4) is 0 Å². The summed E-state index contributed by atoms with van der Waals surface area (Å²) in [6.45, 7) is 1.36. The fraction of sp³-hybridized carbons (Fsp3) is 0.632. The highest BCUT2D eigenvalue weighted by Crippen LogP contribution is 2.44. The number of anilines is 1. The first kappa shape index (κ1) is 24.2. The Morgan fingerprint density at radius 2 is 1.85 bits per heavy atom. The number of aromatic nitrogens is 3. The maximum Gasteiger partial charge on any atom is 0.434 e. The highest BCUT2D eigenvalue weighted by Gasteiger charge is 2.41. The number of halogens is 4. The monoisotopic (exact) mass is 508 g/mol. The smallest absolute Gasteiger partial charge is 0.351 e. The molecule has 2 saturated heterocycles. The average molecular weight is 509 g/mol. The molecular formula is C19H24F4N6O2S2. The number of sulfonamides is 1. The molecule has 0 bridgehead atoms. The quantitative estimate of drug-likeness (QED) is 0.620. The Morgan fingerprint density at radius 1 is 1.15 bits per heavy atom. The summed E-state index contributed by atoms with van der Waals surface area (Å²) in [6, 6.07) is -0.431. The lowest BCUT2D eigenvalue weighted by molar-refractivity contribution is -0.140. The number of hydrogen-bond acceptors (Lipinski definition) is 8. The lowest BCUT2D eigenvalue weighted by atomic mass is 10.1. The van der Waals surface area contributed by atoms with Gasteiger partial charge in [0.15, 0.2) is 11.5 Å². The summed E-state index contributed by atoms with van der Waals surface area (Å²) in [4.78, 5) is 13.4. The van der Waals surface area contributed by atoms with Gasteiger partial charge in [-0.05, 0) is 39.3 Å². The van der Waals surface area contributed by atoms with Crippen LogP contribution >= 0.6 is 11.3 Å². The van der Waals surface area contributed by atoms with E-state index in [2.05, 4.69) is 20.3 Å². The Kier molecular flexibility index (Phi) is 6.64. The van der Waals surface area contributed by atoms with E-state index in [4.69, 9.17) is 0 Å². The molecule has 1 atom stereocenters. The van der Waals surface area contributed by atoms with E-state index in [1.54, 1.807) is 0 Å². The van der Waals surface area contributed by atoms with Crippen molar-refractivity contribution in [3.63, 3.8) is 0 Å². The first-order chi connectivity index (χ1) is 15.4. The van der Waals surface area contributed by atoms with Gasteiger partial charge in [0.25, 0.3) is 0 Å². The normalized spacial score (nSPS) is 21.6. The Bertz CT molecular complexity index is 1120. The minimum absolute atomic E-state index is 0.00901. The summed E-state index contributed by atoms with van der Waals surface area (Å²) >= 11 is 0.808. The number of thiazole rings is 1. The highest BCUT2D eigenvalue weighted by molar-refractivity contribution is 7.88. The van der Waals surface area contributed by atoms with Gasteiger partial charge in [-0.3, -0.25) is 4.90 Å². The second kappa shape index (κ2) is 9.04. The lowest BCUT2D eigenvalue weighted by Crippen LogP contribution is -2.42. The fourth-order valence-electron chi connectivity index (χ4n) is 4.16. The molecule has 0 aromatic carbocycles. The van der Waals surface area contributed by atoms with Crippen LogP contribution in [0.25, 0.3) is 10.6 Å². The summed E-state index contributed by atoms with van der Waals surface area (Å²) in [7, 11) is -1.46. The molecule has 2 aromatic rings. The zero-order chi connectivity index (χ0) is 24.0. The Balaban J connectivity index is 1.61. The van der Waals surface area contributed by atoms with Crippen molar-refractivity contribution in [3.05, 3.63) is 22.7 Å². The zero-order valence-electron chi connectivity index (χ0n) is 18.1. The maximum atomic E-state index is 14.6. The van der Waals surface area contributed by atoms with E-state index < -0.39 is 33.4 Å². The van der Waals surface area contributed by atoms with Gasteiger partial charge in [-0.15, -0.1) is 11.3 Å². The molecule has 0 aliphatic carbocycles. The number of nitrogens with one attached hydrogen (secondary N) is 1. The van der Waals surface area contributed by atoms with Crippen LogP contribution in [-0.2, 0) is 16.2 Å². The molecule has 1 unspecified atom stereocenters. The topological polar surface area (TPSA) is 91.3 Å². The molecule has 8 nitrogen and oxygen atoms in total. The van der Waals surface area contributed by atoms with Crippen LogP contribution in [-0.4, -0.2) is 71.6 Å². The SMILES string of the molecule is CN1CCCC1c1nc(C(F)(F)F)c(-c2nc(NC3CCN(S(C)(=O)=O)CC3)ncc2F)s1. The Morgan fingerprint density at radius 3 is 2.42 bits per heavy atom. The predicted octanol–water partition coefficient (Wildman–Crippen LogP) is 3.36. The summed E-state index contributed by atoms with van der Waals surface area (Å²) in [6.07, 6.45) is -0.300. The van der Waals surface area contributed by atoms with Crippen molar-refractivity contribution in [1.29, 1.82) is 0 Å². The lowest BCUT2D eigenvalue weighted by Gasteiger charge is -2.30. The van der Waals surface area contributed by atoms with E-state index >= 15 is 0 Å². The third-order valence-electron chi connectivity index (χ3n) is 5.93. The van der Waals surface area contributed by atoms with Crippen LogP contribution in [0.1, 0.15) is 42.4 Å². The van der Waals surface area contributed by atoms with E-state index in [0.717, 1.165) is 36.8 Å². The molecule has 2 fully saturated rings. The van der Waals surface area contributed by atoms with Crippen LogP contribution in [0.4, 0.5) is 23.5 Å². The van der Waals surface area contributed by atoms with Gasteiger partial charge in [0, 0.05) is 19.1 Å². The van der Waals surface area contributed by atoms with Crippen LogP contribution in [0.5, 0.6) is 0 Å². The number of nitrogens with zero attached hydrogens (tertiary/aromatic N) is 5. The first-order valence-corrected chi connectivity index (χ1v) is 13.1. The molecule has 14 heteroatoms. The summed E-state index contributed by atoms with van der Waals surface area (Å²) < 4.78 is 80.6. The molecule has 4 rings (SSSR count). The maximum absolute atomic E-state index is 14.6. The number of alkyl halides is 3. The third-order valence-corrected chi connectivity index (χ3v) is 8.40. The number of hydrogen-bond donors (Lipinski definition) is 1. The van der Waals surface area contributed by atoms with Gasteiger partial charge in [-0.1, -0.05) is 0 Å². The van der Waals surface area contributed by atoms with Gasteiger partial charge < -0.3 is 5.32 Å². The third kappa shape index (κ3) is 5.28. The van der Waals surface area contributed by atoms with Gasteiger partial charge in [-0.2, -0.15) is 13.2 Å². The summed E-state index contributed by atoms with van der Waals surface area (Å²) in [5, 5.41) is 3.29. The number of rotatable bonds is 5. The van der Waals surface area contributed by atoms with Gasteiger partial charge in [-0.25, -0.2) is 32.1 Å². The van der Waals surface area contributed by atoms with Crippen molar-refractivity contribution in [3.8, 4) is 10.6 Å². The van der Waals surface area contributed by atoms with Crippen LogP contribution in [0.15, 0.2) is 6.20 Å². The van der Waals surface area contributed by atoms with Crippen molar-refractivity contribution in [2.24, 2.45) is 0 Å². The minimum Gasteiger partial charge on any atom is -0.351 e. The molecule has 0 saturated carbocycles. The van der Waals surface area contributed by atoms with Gasteiger partial charge in [0.2, 0.25) is 16.0 Å². The van der Waals surface area contributed by atoms with E-state index in [9.17, 15) is 26.0 Å². The molecule has 0 radical (unpaired) electrons. The summed E-state index contributed by atoms with van der Waals surface area (Å²) in [5.74, 6) is -0.974. The molecule has 182 valence electrons. The second-order valence-corrected chi connectivity index (χ2v) is 11.4. The van der Waals surface area contributed by atoms with Crippen molar-refractivity contribution < 1.29 is 26.0 Å². The van der Waals surface area contributed by atoms with E-state index in [-0.39, 0.29) is 27.9 Å². The molecule has 4 heterocycles. The molecular weight excluding hydrogens is 484 g/mol. The van der Waals surface area contributed by atoms with Crippen molar-refractivity contribution in [2.75, 3.05) is 38.3 Å². The van der Waals surface area contributed by atoms with Gasteiger partial charge >= 0.3 is 6.18 Å². The molecule has 33 heavy (non-hydrogen) atoms. The Hall–Kier alpha value is -1.90. The standard InChI is InChI=1S/C19H24F4N6O2S2/c1-28-7-3-4-13(28)17-27-16(19(21,22)23)15(32-17)14-12(20)10-24-18(26-14)25-11-5-8-29(9-6-11)33(2,30)31/h10-11,13H,3-9H2,1-2H3,(H,24,25,26). The largest absolute Gasteiger partial charge is 0.434 e. The summed E-state index contributed by atoms with van der Waals surface area (Å²) in [5.41, 5.74) is -1.59. The van der Waals surface area contributed by atoms with Crippen molar-refractivity contribution in [1.82, 2.24) is 24.2 Å². The molecule has 0 spiro atoms. The van der Waals surface area contributed by atoms with Crippen molar-refractivity contribution in [2.45, 2.75) is 43.9 Å². The fourth-order valence-corrected chi connectivity index (χ4v) is 6.32. The minimum atomic E-state index is -4.76.